The Bertz CT molecular complexity index is 1040. The zero-order valence-corrected chi connectivity index (χ0v) is 15.4. The maximum atomic E-state index is 12.6. The summed E-state index contributed by atoms with van der Waals surface area (Å²) in [5.74, 6) is 1.39. The highest BCUT2D eigenvalue weighted by Crippen LogP contribution is 2.31. The zero-order chi connectivity index (χ0) is 19.9. The van der Waals surface area contributed by atoms with Crippen molar-refractivity contribution in [2.45, 2.75) is 0 Å². The van der Waals surface area contributed by atoms with Crippen LogP contribution in [0.4, 0.5) is 17.2 Å². The van der Waals surface area contributed by atoms with Gasteiger partial charge in [0.25, 0.3) is 5.91 Å². The molecule has 0 fully saturated rings. The highest BCUT2D eigenvalue weighted by atomic mass is 16.5. The lowest BCUT2D eigenvalue weighted by Crippen LogP contribution is -2.13. The van der Waals surface area contributed by atoms with E-state index in [0.717, 1.165) is 0 Å². The molecule has 0 bridgehead atoms. The molecular weight excluding hydrogens is 356 g/mol. The predicted molar refractivity (Wildman–Crippen MR) is 106 cm³/mol. The summed E-state index contributed by atoms with van der Waals surface area (Å²) < 4.78 is 10.6. The van der Waals surface area contributed by atoms with Crippen LogP contribution in [0.5, 0.6) is 11.5 Å². The lowest BCUT2D eigenvalue weighted by atomic mass is 10.1. The molecule has 1 heterocycles. The number of rotatable bonds is 6. The molecule has 0 spiro atoms. The highest BCUT2D eigenvalue weighted by Gasteiger charge is 2.11. The smallest absolute Gasteiger partial charge is 0.255 e. The average Bonchev–Trinajstić information content (AvgIpc) is 2.74. The number of nitrogens with one attached hydrogen (secondary N) is 2. The number of para-hydroxylation sites is 1. The summed E-state index contributed by atoms with van der Waals surface area (Å²) in [6.07, 6.45) is 1.53. The first-order valence-electron chi connectivity index (χ1n) is 8.40. The van der Waals surface area contributed by atoms with Gasteiger partial charge in [-0.25, -0.2) is 4.98 Å². The van der Waals surface area contributed by atoms with Gasteiger partial charge in [-0.15, -0.1) is 0 Å². The second kappa shape index (κ2) is 8.56. The van der Waals surface area contributed by atoms with Crippen LogP contribution < -0.4 is 20.1 Å². The van der Waals surface area contributed by atoms with Crippen molar-refractivity contribution in [3.63, 3.8) is 0 Å². The van der Waals surface area contributed by atoms with Gasteiger partial charge in [0, 0.05) is 17.8 Å². The molecule has 0 aliphatic rings. The Morgan fingerprint density at radius 1 is 1.04 bits per heavy atom. The molecule has 2 aromatic carbocycles. The molecular formula is C21H18N4O3. The Morgan fingerprint density at radius 2 is 1.86 bits per heavy atom. The zero-order valence-electron chi connectivity index (χ0n) is 15.4. The number of nitrogens with zero attached hydrogens (tertiary/aromatic N) is 2. The van der Waals surface area contributed by atoms with Crippen molar-refractivity contribution >= 4 is 23.1 Å². The lowest BCUT2D eigenvalue weighted by Gasteiger charge is -2.13. The Kier molecular flexibility index (Phi) is 5.72. The van der Waals surface area contributed by atoms with Crippen LogP contribution in [0.2, 0.25) is 0 Å². The van der Waals surface area contributed by atoms with Crippen molar-refractivity contribution < 1.29 is 14.3 Å². The molecule has 0 atom stereocenters. The standard InChI is InChI=1S/C21H18N4O3/c1-27-16-7-8-19(28-2)18(12-16)24-20-11-14(9-10-23-20)21(26)25-17-6-4-3-5-15(17)13-22/h3-12H,1-2H3,(H,23,24)(H,25,26). The number of hydrogen-bond acceptors (Lipinski definition) is 6. The van der Waals surface area contributed by atoms with Crippen LogP contribution >= 0.6 is 0 Å². The third-order valence-corrected chi connectivity index (χ3v) is 3.99. The molecule has 0 unspecified atom stereocenters. The number of aromatic nitrogens is 1. The van der Waals surface area contributed by atoms with Gasteiger partial charge in [-0.1, -0.05) is 12.1 Å². The number of nitriles is 1. The van der Waals surface area contributed by atoms with Gasteiger partial charge in [0.1, 0.15) is 23.4 Å². The van der Waals surface area contributed by atoms with Crippen LogP contribution in [-0.4, -0.2) is 25.1 Å². The molecule has 3 rings (SSSR count). The van der Waals surface area contributed by atoms with E-state index in [4.69, 9.17) is 14.7 Å². The second-order valence-electron chi connectivity index (χ2n) is 5.73. The third kappa shape index (κ3) is 4.19. The number of hydrogen-bond donors (Lipinski definition) is 2. The fourth-order valence-electron chi connectivity index (χ4n) is 2.57. The van der Waals surface area contributed by atoms with Crippen molar-refractivity contribution in [2.75, 3.05) is 24.9 Å². The third-order valence-electron chi connectivity index (χ3n) is 3.99. The monoisotopic (exact) mass is 374 g/mol. The summed E-state index contributed by atoms with van der Waals surface area (Å²) in [7, 11) is 3.14. The molecule has 7 nitrogen and oxygen atoms in total. The van der Waals surface area contributed by atoms with Crippen molar-refractivity contribution in [3.8, 4) is 17.6 Å². The molecule has 7 heteroatoms. The summed E-state index contributed by atoms with van der Waals surface area (Å²) in [6, 6.07) is 17.4. The van der Waals surface area contributed by atoms with E-state index in [1.165, 1.54) is 6.20 Å². The number of amides is 1. The Morgan fingerprint density at radius 3 is 2.61 bits per heavy atom. The van der Waals surface area contributed by atoms with E-state index in [9.17, 15) is 4.79 Å². The van der Waals surface area contributed by atoms with Crippen LogP contribution in [0.25, 0.3) is 0 Å². The quantitative estimate of drug-likeness (QED) is 0.678. The van der Waals surface area contributed by atoms with Crippen LogP contribution in [0, 0.1) is 11.3 Å². The Hall–Kier alpha value is -4.05. The minimum atomic E-state index is -0.342. The molecule has 0 aliphatic carbocycles. The lowest BCUT2D eigenvalue weighted by molar-refractivity contribution is 0.102. The van der Waals surface area contributed by atoms with Gasteiger partial charge < -0.3 is 20.1 Å². The summed E-state index contributed by atoms with van der Waals surface area (Å²) in [5.41, 5.74) is 1.90. The van der Waals surface area contributed by atoms with Gasteiger partial charge in [-0.3, -0.25) is 4.79 Å². The van der Waals surface area contributed by atoms with E-state index in [-0.39, 0.29) is 5.91 Å². The van der Waals surface area contributed by atoms with E-state index >= 15 is 0 Å². The summed E-state index contributed by atoms with van der Waals surface area (Å²) >= 11 is 0. The van der Waals surface area contributed by atoms with E-state index in [1.807, 2.05) is 0 Å². The number of methoxy groups -OCH3 is 2. The summed E-state index contributed by atoms with van der Waals surface area (Å²) in [5, 5.41) is 15.0. The van der Waals surface area contributed by atoms with Crippen molar-refractivity contribution in [1.29, 1.82) is 5.26 Å². The van der Waals surface area contributed by atoms with E-state index < -0.39 is 0 Å². The first kappa shape index (κ1) is 18.7. The number of pyridine rings is 1. The largest absolute Gasteiger partial charge is 0.497 e. The van der Waals surface area contributed by atoms with Crippen molar-refractivity contribution in [1.82, 2.24) is 4.98 Å². The fourth-order valence-corrected chi connectivity index (χ4v) is 2.57. The Balaban J connectivity index is 1.83. The van der Waals surface area contributed by atoms with E-state index in [2.05, 4.69) is 21.7 Å². The van der Waals surface area contributed by atoms with Crippen LogP contribution in [0.1, 0.15) is 15.9 Å². The molecule has 0 aliphatic heterocycles. The normalized spacial score (nSPS) is 9.89. The Labute approximate surface area is 162 Å². The number of anilines is 3. The summed E-state index contributed by atoms with van der Waals surface area (Å²) in [4.78, 5) is 16.8. The first-order chi connectivity index (χ1) is 13.6. The second-order valence-corrected chi connectivity index (χ2v) is 5.73. The van der Waals surface area contributed by atoms with Crippen LogP contribution in [0.15, 0.2) is 60.8 Å². The van der Waals surface area contributed by atoms with Gasteiger partial charge >= 0.3 is 0 Å². The van der Waals surface area contributed by atoms with Crippen LogP contribution in [-0.2, 0) is 0 Å². The topological polar surface area (TPSA) is 96.3 Å². The van der Waals surface area contributed by atoms with Crippen molar-refractivity contribution in [2.24, 2.45) is 0 Å². The maximum Gasteiger partial charge on any atom is 0.255 e. The van der Waals surface area contributed by atoms with E-state index in [0.29, 0.717) is 39.8 Å². The molecule has 0 radical (unpaired) electrons. The molecule has 0 saturated heterocycles. The van der Waals surface area contributed by atoms with Gasteiger partial charge in [0.15, 0.2) is 0 Å². The highest BCUT2D eigenvalue weighted by molar-refractivity contribution is 6.05. The molecule has 1 amide bonds. The number of carbonyl (C=O) groups excluding carboxylic acids is 1. The molecule has 140 valence electrons. The van der Waals surface area contributed by atoms with Gasteiger partial charge in [-0.05, 0) is 36.4 Å². The molecule has 1 aromatic heterocycles. The van der Waals surface area contributed by atoms with Gasteiger partial charge in [-0.2, -0.15) is 5.26 Å². The maximum absolute atomic E-state index is 12.6. The SMILES string of the molecule is COc1ccc(OC)c(Nc2cc(C(=O)Nc3ccccc3C#N)ccn2)c1. The van der Waals surface area contributed by atoms with E-state index in [1.54, 1.807) is 68.8 Å². The number of carbonyl (C=O) groups is 1. The number of benzene rings is 2. The van der Waals surface area contributed by atoms with Crippen LogP contribution in [0.3, 0.4) is 0 Å². The minimum Gasteiger partial charge on any atom is -0.497 e. The average molecular weight is 374 g/mol. The fraction of sp³-hybridized carbons (Fsp3) is 0.0952. The summed E-state index contributed by atoms with van der Waals surface area (Å²) in [6.45, 7) is 0. The molecule has 2 N–H and O–H groups in total. The van der Waals surface area contributed by atoms with Gasteiger partial charge in [0.05, 0.1) is 31.2 Å². The minimum absolute atomic E-state index is 0.342. The predicted octanol–water partition coefficient (Wildman–Crippen LogP) is 3.97. The van der Waals surface area contributed by atoms with Gasteiger partial charge in [0.2, 0.25) is 0 Å². The van der Waals surface area contributed by atoms with Crippen molar-refractivity contribution in [3.05, 3.63) is 71.9 Å². The molecule has 0 saturated carbocycles. The first-order valence-corrected chi connectivity index (χ1v) is 8.40. The molecule has 28 heavy (non-hydrogen) atoms. The molecule has 3 aromatic rings. The number of ether oxygens (including phenoxy) is 2.